The Labute approximate surface area is 345 Å². The highest BCUT2D eigenvalue weighted by Gasteiger charge is 2.29. The molecule has 2 aromatic heterocycles. The molecule has 1 aliphatic heterocycles. The van der Waals surface area contributed by atoms with Crippen LogP contribution in [0.4, 0.5) is 22.7 Å². The number of rotatable bonds is 7. The molecule has 0 spiro atoms. The van der Waals surface area contributed by atoms with Gasteiger partial charge >= 0.3 is 0 Å². The number of aryl methyl sites for hydroxylation is 5. The smallest absolute Gasteiger partial charge is 0.138 e. The van der Waals surface area contributed by atoms with Gasteiger partial charge < -0.3 is 9.80 Å². The van der Waals surface area contributed by atoms with Crippen LogP contribution in [0.25, 0.3) is 49.9 Å². The van der Waals surface area contributed by atoms with Gasteiger partial charge in [0.1, 0.15) is 12.5 Å². The van der Waals surface area contributed by atoms with Crippen molar-refractivity contribution in [3.05, 3.63) is 192 Å². The fourth-order valence-electron chi connectivity index (χ4n) is 8.99. The van der Waals surface area contributed by atoms with Crippen LogP contribution in [0.3, 0.4) is 0 Å². The van der Waals surface area contributed by atoms with Gasteiger partial charge in [-0.3, -0.25) is 4.57 Å². The maximum atomic E-state index is 5.06. The van der Waals surface area contributed by atoms with E-state index < -0.39 is 0 Å². The van der Waals surface area contributed by atoms with E-state index in [4.69, 9.17) is 4.98 Å². The number of hydrogen-bond acceptors (Lipinski definition) is 4. The van der Waals surface area contributed by atoms with Crippen LogP contribution in [-0.4, -0.2) is 16.2 Å². The normalized spacial score (nSPS) is 12.5. The van der Waals surface area contributed by atoms with Gasteiger partial charge in [-0.1, -0.05) is 103 Å². The van der Waals surface area contributed by atoms with Gasteiger partial charge in [0.25, 0.3) is 0 Å². The van der Waals surface area contributed by atoms with E-state index in [0.29, 0.717) is 0 Å². The van der Waals surface area contributed by atoms with Crippen LogP contribution < -0.4 is 9.80 Å². The number of benzene rings is 7. The second-order valence-electron chi connectivity index (χ2n) is 15.6. The van der Waals surface area contributed by atoms with Crippen molar-refractivity contribution in [3.63, 3.8) is 0 Å². The molecule has 58 heavy (non-hydrogen) atoms. The molecule has 7 aromatic carbocycles. The lowest BCUT2D eigenvalue weighted by atomic mass is 9.94. The third kappa shape index (κ3) is 6.14. The number of aromatic nitrogens is 2. The summed E-state index contributed by atoms with van der Waals surface area (Å²) in [6.45, 7) is 11.7. The summed E-state index contributed by atoms with van der Waals surface area (Å²) in [5, 5.41) is 2.45. The first-order valence-electron chi connectivity index (χ1n) is 20.0. The largest absolute Gasteiger partial charge is 0.321 e. The molecule has 10 rings (SSSR count). The highest BCUT2D eigenvalue weighted by Crippen LogP contribution is 2.47. The summed E-state index contributed by atoms with van der Waals surface area (Å²) >= 11 is 1.80. The Morgan fingerprint density at radius 2 is 1.10 bits per heavy atom. The maximum absolute atomic E-state index is 5.06. The number of hydrogen-bond donors (Lipinski definition) is 0. The van der Waals surface area contributed by atoms with E-state index in [2.05, 4.69) is 207 Å². The highest BCUT2D eigenvalue weighted by atomic mass is 32.2. The van der Waals surface area contributed by atoms with E-state index in [1.807, 2.05) is 6.20 Å². The number of para-hydroxylation sites is 2. The van der Waals surface area contributed by atoms with Crippen LogP contribution >= 0.6 is 11.8 Å². The minimum absolute atomic E-state index is 0.726. The number of nitrogens with zero attached hydrogens (tertiary/aromatic N) is 4. The molecule has 0 amide bonds. The van der Waals surface area contributed by atoms with E-state index in [9.17, 15) is 0 Å². The summed E-state index contributed by atoms with van der Waals surface area (Å²) in [4.78, 5) is 12.3. The van der Waals surface area contributed by atoms with Crippen molar-refractivity contribution in [1.82, 2.24) is 9.55 Å². The van der Waals surface area contributed by atoms with Gasteiger partial charge in [0.2, 0.25) is 0 Å². The first-order valence-corrected chi connectivity index (χ1v) is 20.8. The minimum Gasteiger partial charge on any atom is -0.321 e. The zero-order chi connectivity index (χ0) is 39.5. The molecule has 0 bridgehead atoms. The molecule has 0 fully saturated rings. The van der Waals surface area contributed by atoms with Crippen molar-refractivity contribution in [2.45, 2.75) is 44.4 Å². The Balaban J connectivity index is 1.03. The average molecular weight is 769 g/mol. The zero-order valence-corrected chi connectivity index (χ0v) is 34.3. The fraction of sp³-hybridized carbons (Fsp3) is 0.113. The van der Waals surface area contributed by atoms with Crippen LogP contribution in [0.15, 0.2) is 174 Å². The second kappa shape index (κ2) is 14.4. The van der Waals surface area contributed by atoms with Crippen molar-refractivity contribution >= 4 is 56.3 Å². The van der Waals surface area contributed by atoms with Crippen molar-refractivity contribution in [3.8, 4) is 28.1 Å². The number of fused-ring (bicyclic) bond motifs is 4. The highest BCUT2D eigenvalue weighted by molar-refractivity contribution is 7.99. The molecule has 0 N–H and O–H groups in total. The van der Waals surface area contributed by atoms with E-state index in [0.717, 1.165) is 23.5 Å². The third-order valence-electron chi connectivity index (χ3n) is 11.8. The summed E-state index contributed by atoms with van der Waals surface area (Å²) in [5.41, 5.74) is 18.5. The third-order valence-corrected chi connectivity index (χ3v) is 12.7. The lowest BCUT2D eigenvalue weighted by molar-refractivity contribution is 0.988. The zero-order valence-electron chi connectivity index (χ0n) is 33.5. The lowest BCUT2D eigenvalue weighted by Crippen LogP contribution is -2.23. The van der Waals surface area contributed by atoms with Gasteiger partial charge in [0.15, 0.2) is 0 Å². The summed E-state index contributed by atoms with van der Waals surface area (Å²) in [7, 11) is 0. The van der Waals surface area contributed by atoms with Crippen molar-refractivity contribution in [2.24, 2.45) is 0 Å². The molecule has 0 radical (unpaired) electrons. The van der Waals surface area contributed by atoms with E-state index in [-0.39, 0.29) is 0 Å². The fourth-order valence-corrected chi connectivity index (χ4v) is 9.90. The average Bonchev–Trinajstić information content (AvgIpc) is 3.78. The topological polar surface area (TPSA) is 24.3 Å². The molecule has 0 atom stereocenters. The van der Waals surface area contributed by atoms with Crippen molar-refractivity contribution in [2.75, 3.05) is 16.5 Å². The molecule has 0 saturated carbocycles. The molecule has 3 heterocycles. The lowest BCUT2D eigenvalue weighted by Gasteiger charge is -2.22. The Morgan fingerprint density at radius 1 is 0.466 bits per heavy atom. The van der Waals surface area contributed by atoms with E-state index >= 15 is 0 Å². The predicted molar refractivity (Wildman–Crippen MR) is 246 cm³/mol. The molecule has 1 aliphatic rings. The van der Waals surface area contributed by atoms with Gasteiger partial charge in [-0.25, -0.2) is 4.98 Å². The number of anilines is 4. The predicted octanol–water partition coefficient (Wildman–Crippen LogP) is 14.5. The van der Waals surface area contributed by atoms with Crippen LogP contribution in [0, 0.1) is 34.6 Å². The first kappa shape index (κ1) is 35.8. The molecule has 0 unspecified atom stereocenters. The van der Waals surface area contributed by atoms with Gasteiger partial charge in [0.05, 0.1) is 22.4 Å². The summed E-state index contributed by atoms with van der Waals surface area (Å²) < 4.78 is 2.34. The van der Waals surface area contributed by atoms with E-state index in [1.165, 1.54) is 93.4 Å². The van der Waals surface area contributed by atoms with Gasteiger partial charge in [-0.15, -0.1) is 0 Å². The monoisotopic (exact) mass is 768 g/mol. The molecule has 9 aromatic rings. The van der Waals surface area contributed by atoms with Gasteiger partial charge in [0, 0.05) is 38.1 Å². The second-order valence-corrected chi connectivity index (χ2v) is 16.7. The Kier molecular flexibility index (Phi) is 8.91. The molecular formula is C53H44N4S. The van der Waals surface area contributed by atoms with Crippen LogP contribution in [0.5, 0.6) is 0 Å². The van der Waals surface area contributed by atoms with Gasteiger partial charge in [-0.05, 0) is 151 Å². The Bertz CT molecular complexity index is 2990. The first-order chi connectivity index (χ1) is 28.3. The standard InChI is InChI=1S/C53H44N4S/c1-34-14-11-15-35(2)52(34)39-24-27-48-50(28-39)55(40-18-7-6-8-19-40)33-56(48)41-20-13-21-42(29-41)58-43-25-26-45-44-22-9-10-23-47(44)57(49(45)30-43)51-31-46(38(5)32-54-51)53-36(3)16-12-17-37(53)4/h6-32H,33H2,1-5H3. The molecule has 5 heteroatoms. The number of pyridine rings is 1. The molecule has 282 valence electrons. The Hall–Kier alpha value is -6.56. The van der Waals surface area contributed by atoms with Crippen LogP contribution in [-0.2, 0) is 0 Å². The quantitative estimate of drug-likeness (QED) is 0.161. The SMILES string of the molecule is Cc1cnc(-n2c3ccccc3c3ccc(Sc4cccc(N5CN(c6ccccc6)c6cc(-c7c(C)cccc7C)ccc65)c4)cc32)cc1-c1c(C)cccc1C. The van der Waals surface area contributed by atoms with Crippen molar-refractivity contribution in [1.29, 1.82) is 0 Å². The van der Waals surface area contributed by atoms with E-state index in [1.54, 1.807) is 11.8 Å². The Morgan fingerprint density at radius 3 is 1.88 bits per heavy atom. The summed E-state index contributed by atoms with van der Waals surface area (Å²) in [5.74, 6) is 0.926. The molecule has 4 nitrogen and oxygen atoms in total. The van der Waals surface area contributed by atoms with Gasteiger partial charge in [-0.2, -0.15) is 0 Å². The van der Waals surface area contributed by atoms with Crippen LogP contribution in [0.2, 0.25) is 0 Å². The molecule has 0 saturated heterocycles. The van der Waals surface area contributed by atoms with Crippen LogP contribution in [0.1, 0.15) is 27.8 Å². The summed E-state index contributed by atoms with van der Waals surface area (Å²) in [6.07, 6.45) is 2.03. The van der Waals surface area contributed by atoms with Crippen molar-refractivity contribution < 1.29 is 0 Å². The summed E-state index contributed by atoms with van der Waals surface area (Å²) in [6, 6.07) is 57.6. The molecular weight excluding hydrogens is 725 g/mol. The maximum Gasteiger partial charge on any atom is 0.138 e. The molecule has 0 aliphatic carbocycles. The minimum atomic E-state index is 0.726.